The van der Waals surface area contributed by atoms with Crippen LogP contribution >= 0.6 is 0 Å². The first kappa shape index (κ1) is 20.2. The first-order valence-corrected chi connectivity index (χ1v) is 12.9. The second-order valence-corrected chi connectivity index (χ2v) is 10.5. The van der Waals surface area contributed by atoms with Crippen molar-refractivity contribution in [2.24, 2.45) is 0 Å². The Morgan fingerprint density at radius 2 is 0.750 bits per heavy atom. The van der Waals surface area contributed by atoms with Crippen molar-refractivity contribution in [2.75, 3.05) is 0 Å². The molecule has 0 saturated carbocycles. The molecule has 0 radical (unpaired) electrons. The summed E-state index contributed by atoms with van der Waals surface area (Å²) in [4.78, 5) is 0. The third-order valence-electron chi connectivity index (χ3n) is 4.39. The van der Waals surface area contributed by atoms with Gasteiger partial charge in [0.25, 0.3) is 0 Å². The molecule has 0 fully saturated rings. The van der Waals surface area contributed by atoms with Crippen molar-refractivity contribution in [2.45, 2.75) is 122 Å². The minimum Gasteiger partial charge on any atom is -0.0722 e. The van der Waals surface area contributed by atoms with Gasteiger partial charge in [-0.2, -0.15) is 0 Å². The second-order valence-electron chi connectivity index (χ2n) is 7.13. The fourth-order valence-electron chi connectivity index (χ4n) is 2.92. The Balaban J connectivity index is 2.92. The first-order valence-electron chi connectivity index (χ1n) is 9.77. The van der Waals surface area contributed by atoms with E-state index < -0.39 is 0 Å². The molecule has 0 atom stereocenters. The van der Waals surface area contributed by atoms with Gasteiger partial charge in [0.2, 0.25) is 0 Å². The molecule has 0 aromatic rings. The van der Waals surface area contributed by atoms with Crippen molar-refractivity contribution in [1.82, 2.24) is 0 Å². The van der Waals surface area contributed by atoms with Crippen molar-refractivity contribution in [3.63, 3.8) is 0 Å². The van der Waals surface area contributed by atoms with Crippen LogP contribution in [0.25, 0.3) is 0 Å². The summed E-state index contributed by atoms with van der Waals surface area (Å²) in [6.45, 7) is 7.25. The van der Waals surface area contributed by atoms with Crippen LogP contribution in [-0.2, 0) is 0 Å². The molecule has 0 amide bonds. The number of unbranched alkanes of at least 4 members (excludes halogenated alkanes) is 14. The summed E-state index contributed by atoms with van der Waals surface area (Å²) >= 11 is 0. The molecule has 0 saturated heterocycles. The summed E-state index contributed by atoms with van der Waals surface area (Å²) in [5.74, 6) is 0. The molecule has 1 heteroatoms. The van der Waals surface area contributed by atoms with Crippen LogP contribution in [0.15, 0.2) is 0 Å². The topological polar surface area (TPSA) is 0 Å². The molecule has 0 aromatic heterocycles. The minimum absolute atomic E-state index is 0.262. The van der Waals surface area contributed by atoms with Crippen molar-refractivity contribution in [1.29, 1.82) is 0 Å². The van der Waals surface area contributed by atoms with Gasteiger partial charge in [0, 0.05) is 8.80 Å². The molecular weight excluding hydrogens is 256 g/mol. The lowest BCUT2D eigenvalue weighted by molar-refractivity contribution is 0.534. The maximum absolute atomic E-state index is 2.48. The third-order valence-corrected chi connectivity index (χ3v) is 5.95. The standard InChI is InChI=1S/C19H42Si/c1-4-5-6-7-8-9-10-11-12-13-14-15-16-17-18-19-20(2)3/h20H,4-19H2,1-3H3. The summed E-state index contributed by atoms with van der Waals surface area (Å²) in [7, 11) is -0.262. The van der Waals surface area contributed by atoms with E-state index in [0.717, 1.165) is 0 Å². The van der Waals surface area contributed by atoms with Crippen LogP contribution < -0.4 is 0 Å². The molecule has 20 heavy (non-hydrogen) atoms. The van der Waals surface area contributed by atoms with Crippen LogP contribution in [0.2, 0.25) is 19.1 Å². The van der Waals surface area contributed by atoms with Gasteiger partial charge in [0.15, 0.2) is 0 Å². The zero-order valence-electron chi connectivity index (χ0n) is 14.9. The van der Waals surface area contributed by atoms with E-state index in [9.17, 15) is 0 Å². The average molecular weight is 299 g/mol. The maximum atomic E-state index is 2.48. The molecule has 0 rings (SSSR count). The average Bonchev–Trinajstić information content (AvgIpc) is 2.43. The zero-order valence-corrected chi connectivity index (χ0v) is 16.0. The van der Waals surface area contributed by atoms with E-state index in [2.05, 4.69) is 20.0 Å². The first-order chi connectivity index (χ1) is 9.77. The summed E-state index contributed by atoms with van der Waals surface area (Å²) in [6, 6.07) is 1.57. The quantitative estimate of drug-likeness (QED) is 0.206. The molecule has 0 aromatic carbocycles. The van der Waals surface area contributed by atoms with Crippen LogP contribution in [0.5, 0.6) is 0 Å². The number of rotatable bonds is 16. The Labute approximate surface area is 131 Å². The zero-order chi connectivity index (χ0) is 14.9. The second kappa shape index (κ2) is 17.3. The van der Waals surface area contributed by atoms with Crippen LogP contribution in [0.1, 0.15) is 103 Å². The van der Waals surface area contributed by atoms with Crippen LogP contribution in [0.3, 0.4) is 0 Å². The van der Waals surface area contributed by atoms with E-state index in [1.54, 1.807) is 6.04 Å². The SMILES string of the molecule is CCCCCCCCCCCCCCCCC[SiH](C)C. The Kier molecular flexibility index (Phi) is 17.5. The lowest BCUT2D eigenvalue weighted by Gasteiger charge is -2.04. The summed E-state index contributed by atoms with van der Waals surface area (Å²) in [5.41, 5.74) is 0. The van der Waals surface area contributed by atoms with Gasteiger partial charge in [0.1, 0.15) is 0 Å². The van der Waals surface area contributed by atoms with E-state index in [-0.39, 0.29) is 8.80 Å². The molecular formula is C19H42Si. The Bertz CT molecular complexity index is 165. The highest BCUT2D eigenvalue weighted by Gasteiger charge is 1.96. The van der Waals surface area contributed by atoms with Gasteiger partial charge >= 0.3 is 0 Å². The summed E-state index contributed by atoms with van der Waals surface area (Å²) in [5, 5.41) is 0. The van der Waals surface area contributed by atoms with E-state index in [0.29, 0.717) is 0 Å². The van der Waals surface area contributed by atoms with E-state index in [4.69, 9.17) is 0 Å². The largest absolute Gasteiger partial charge is 0.0722 e. The summed E-state index contributed by atoms with van der Waals surface area (Å²) < 4.78 is 0. The highest BCUT2D eigenvalue weighted by atomic mass is 28.3. The highest BCUT2D eigenvalue weighted by Crippen LogP contribution is 2.14. The van der Waals surface area contributed by atoms with Crippen LogP contribution in [0.4, 0.5) is 0 Å². The normalized spacial score (nSPS) is 11.4. The van der Waals surface area contributed by atoms with E-state index in [1.165, 1.54) is 96.3 Å². The molecule has 0 unspecified atom stereocenters. The van der Waals surface area contributed by atoms with Crippen molar-refractivity contribution in [3.05, 3.63) is 0 Å². The molecule has 0 aliphatic heterocycles. The fraction of sp³-hybridized carbons (Fsp3) is 1.00. The van der Waals surface area contributed by atoms with E-state index >= 15 is 0 Å². The van der Waals surface area contributed by atoms with Gasteiger partial charge in [-0.1, -0.05) is 122 Å². The molecule has 0 spiro atoms. The molecule has 0 bridgehead atoms. The predicted molar refractivity (Wildman–Crippen MR) is 98.6 cm³/mol. The Morgan fingerprint density at radius 1 is 0.450 bits per heavy atom. The Morgan fingerprint density at radius 3 is 1.05 bits per heavy atom. The molecule has 0 N–H and O–H groups in total. The van der Waals surface area contributed by atoms with Gasteiger partial charge in [0.05, 0.1) is 0 Å². The molecule has 122 valence electrons. The highest BCUT2D eigenvalue weighted by molar-refractivity contribution is 6.55. The van der Waals surface area contributed by atoms with Gasteiger partial charge < -0.3 is 0 Å². The third kappa shape index (κ3) is 18.2. The molecule has 0 nitrogen and oxygen atoms in total. The van der Waals surface area contributed by atoms with Crippen molar-refractivity contribution in [3.8, 4) is 0 Å². The smallest absolute Gasteiger partial charge is 0.0305 e. The van der Waals surface area contributed by atoms with Gasteiger partial charge in [-0.3, -0.25) is 0 Å². The van der Waals surface area contributed by atoms with Gasteiger partial charge in [-0.05, 0) is 0 Å². The molecule has 0 heterocycles. The number of hydrogen-bond donors (Lipinski definition) is 0. The van der Waals surface area contributed by atoms with Crippen molar-refractivity contribution < 1.29 is 0 Å². The van der Waals surface area contributed by atoms with Crippen LogP contribution in [0, 0.1) is 0 Å². The minimum atomic E-state index is -0.262. The summed E-state index contributed by atoms with van der Waals surface area (Å²) in [6.07, 6.45) is 22.2. The van der Waals surface area contributed by atoms with Gasteiger partial charge in [-0.15, -0.1) is 0 Å². The predicted octanol–water partition coefficient (Wildman–Crippen LogP) is 7.34. The lowest BCUT2D eigenvalue weighted by atomic mass is 10.0. The van der Waals surface area contributed by atoms with Crippen LogP contribution in [-0.4, -0.2) is 8.80 Å². The van der Waals surface area contributed by atoms with Crippen molar-refractivity contribution >= 4 is 8.80 Å². The number of hydrogen-bond acceptors (Lipinski definition) is 0. The Hall–Kier alpha value is 0.217. The lowest BCUT2D eigenvalue weighted by Crippen LogP contribution is -1.97. The monoisotopic (exact) mass is 298 g/mol. The molecule has 0 aliphatic rings. The fourth-order valence-corrected chi connectivity index (χ4v) is 4.03. The molecule has 0 aliphatic carbocycles. The van der Waals surface area contributed by atoms with E-state index in [1.807, 2.05) is 0 Å². The van der Waals surface area contributed by atoms with Gasteiger partial charge in [-0.25, -0.2) is 0 Å². The maximum Gasteiger partial charge on any atom is 0.0305 e.